The van der Waals surface area contributed by atoms with E-state index < -0.39 is 20.6 Å². The zero-order valence-corrected chi connectivity index (χ0v) is 17.2. The van der Waals surface area contributed by atoms with E-state index >= 15 is 0 Å². The Labute approximate surface area is 172 Å². The lowest BCUT2D eigenvalue weighted by molar-refractivity contribution is -0.120. The van der Waals surface area contributed by atoms with E-state index in [-0.39, 0.29) is 34.5 Å². The van der Waals surface area contributed by atoms with E-state index in [1.165, 1.54) is 0 Å². The smallest absolute Gasteiger partial charge is 0.340 e. The molecule has 12 heteroatoms. The van der Waals surface area contributed by atoms with Gasteiger partial charge < -0.3 is 15.5 Å². The van der Waals surface area contributed by atoms with Crippen LogP contribution in [0.4, 0.5) is 5.69 Å². The van der Waals surface area contributed by atoms with Crippen LogP contribution in [0.3, 0.4) is 0 Å². The van der Waals surface area contributed by atoms with Gasteiger partial charge >= 0.3 is 5.63 Å². The van der Waals surface area contributed by atoms with Crippen molar-refractivity contribution in [3.8, 4) is 0 Å². The highest BCUT2D eigenvalue weighted by molar-refractivity contribution is 7.86. The predicted molar refractivity (Wildman–Crippen MR) is 111 cm³/mol. The molecule has 0 saturated carbocycles. The molecule has 0 aliphatic rings. The standard InChI is InChI=1S/C18H23N5O6S/c1-11-12-8-16(30(26,27)28)14(19)10-15(12)29-18(25)13(11)9-17(24)21-6-4-2-3-5-7-22-23-20/h8,10H,2-7,9,19H2,1H3,(H,21,24)(H,26,27,28). The van der Waals surface area contributed by atoms with Crippen molar-refractivity contribution in [2.45, 2.75) is 43.9 Å². The van der Waals surface area contributed by atoms with Gasteiger partial charge in [0.1, 0.15) is 10.5 Å². The molecule has 0 radical (unpaired) electrons. The van der Waals surface area contributed by atoms with Crippen LogP contribution in [-0.2, 0) is 21.3 Å². The topological polar surface area (TPSA) is 188 Å². The Morgan fingerprint density at radius 2 is 2.00 bits per heavy atom. The van der Waals surface area contributed by atoms with E-state index in [1.54, 1.807) is 6.92 Å². The molecule has 0 bridgehead atoms. The maximum Gasteiger partial charge on any atom is 0.340 e. The van der Waals surface area contributed by atoms with Gasteiger partial charge in [-0.1, -0.05) is 18.0 Å². The number of amides is 1. The average molecular weight is 437 g/mol. The van der Waals surface area contributed by atoms with Crippen molar-refractivity contribution in [3.05, 3.63) is 44.1 Å². The van der Waals surface area contributed by atoms with Gasteiger partial charge in [0.2, 0.25) is 5.91 Å². The predicted octanol–water partition coefficient (Wildman–Crippen LogP) is 2.46. The lowest BCUT2D eigenvalue weighted by atomic mass is 10.0. The summed E-state index contributed by atoms with van der Waals surface area (Å²) >= 11 is 0. The summed E-state index contributed by atoms with van der Waals surface area (Å²) in [5, 5.41) is 6.43. The fraction of sp³-hybridized carbons (Fsp3) is 0.444. The zero-order valence-electron chi connectivity index (χ0n) is 16.4. The van der Waals surface area contributed by atoms with E-state index in [0.29, 0.717) is 18.7 Å². The number of carbonyl (C=O) groups excluding carboxylic acids is 1. The second kappa shape index (κ2) is 10.1. The highest BCUT2D eigenvalue weighted by atomic mass is 32.2. The minimum atomic E-state index is -4.56. The van der Waals surface area contributed by atoms with E-state index in [9.17, 15) is 22.6 Å². The summed E-state index contributed by atoms with van der Waals surface area (Å²) in [6, 6.07) is 2.27. The van der Waals surface area contributed by atoms with Crippen LogP contribution in [0.25, 0.3) is 21.4 Å². The molecular formula is C18H23N5O6S. The highest BCUT2D eigenvalue weighted by Crippen LogP contribution is 2.28. The van der Waals surface area contributed by atoms with Crippen LogP contribution < -0.4 is 16.7 Å². The minimum absolute atomic E-state index is 0.0623. The number of azide groups is 1. The van der Waals surface area contributed by atoms with Crippen LogP contribution in [0.5, 0.6) is 0 Å². The molecule has 30 heavy (non-hydrogen) atoms. The summed E-state index contributed by atoms with van der Waals surface area (Å²) in [5.41, 5.74) is 13.4. The Kier molecular flexibility index (Phi) is 7.81. The fourth-order valence-electron chi connectivity index (χ4n) is 3.02. The molecule has 0 atom stereocenters. The molecule has 162 valence electrons. The van der Waals surface area contributed by atoms with Crippen LogP contribution in [-0.4, -0.2) is 32.0 Å². The summed E-state index contributed by atoms with van der Waals surface area (Å²) in [4.78, 5) is 26.7. The van der Waals surface area contributed by atoms with Crippen molar-refractivity contribution < 1.29 is 22.2 Å². The van der Waals surface area contributed by atoms with E-state index in [0.717, 1.165) is 37.8 Å². The number of nitrogens with one attached hydrogen (secondary N) is 1. The van der Waals surface area contributed by atoms with Crippen molar-refractivity contribution in [2.24, 2.45) is 5.11 Å². The Morgan fingerprint density at radius 3 is 2.67 bits per heavy atom. The third-order valence-electron chi connectivity index (χ3n) is 4.60. The van der Waals surface area contributed by atoms with Gasteiger partial charge in [0.15, 0.2) is 0 Å². The first-order valence-electron chi connectivity index (χ1n) is 9.26. The highest BCUT2D eigenvalue weighted by Gasteiger charge is 2.20. The van der Waals surface area contributed by atoms with Gasteiger partial charge in [-0.25, -0.2) is 4.79 Å². The summed E-state index contributed by atoms with van der Waals surface area (Å²) in [5.74, 6) is -0.371. The van der Waals surface area contributed by atoms with Crippen molar-refractivity contribution in [2.75, 3.05) is 18.8 Å². The molecule has 0 spiro atoms. The SMILES string of the molecule is Cc1c(CC(=O)NCCCCCCN=[N+]=[N-])c(=O)oc2cc(N)c(S(=O)(=O)O)cc12. The molecule has 1 amide bonds. The maximum absolute atomic E-state index is 12.3. The van der Waals surface area contributed by atoms with Crippen molar-refractivity contribution in [1.29, 1.82) is 0 Å². The van der Waals surface area contributed by atoms with Crippen LogP contribution in [0.15, 0.2) is 31.4 Å². The maximum atomic E-state index is 12.3. The number of benzene rings is 1. The van der Waals surface area contributed by atoms with Crippen molar-refractivity contribution in [1.82, 2.24) is 5.32 Å². The first-order valence-corrected chi connectivity index (χ1v) is 10.7. The molecule has 2 aromatic rings. The number of unbranched alkanes of at least 4 members (excludes halogenated alkanes) is 3. The number of nitrogens with two attached hydrogens (primary N) is 1. The number of rotatable bonds is 10. The normalized spacial score (nSPS) is 11.3. The first kappa shape index (κ1) is 23.2. The van der Waals surface area contributed by atoms with Gasteiger partial charge in [-0.05, 0) is 36.9 Å². The summed E-state index contributed by atoms with van der Waals surface area (Å²) in [6.07, 6.45) is 3.03. The van der Waals surface area contributed by atoms with Crippen molar-refractivity contribution in [3.63, 3.8) is 0 Å². The Bertz CT molecular complexity index is 1150. The van der Waals surface area contributed by atoms with E-state index in [2.05, 4.69) is 15.3 Å². The largest absolute Gasteiger partial charge is 0.422 e. The molecular weight excluding hydrogens is 414 g/mol. The lowest BCUT2D eigenvalue weighted by Gasteiger charge is -2.10. The van der Waals surface area contributed by atoms with E-state index in [4.69, 9.17) is 15.7 Å². The first-order chi connectivity index (χ1) is 14.1. The Hall–Kier alpha value is -3.08. The summed E-state index contributed by atoms with van der Waals surface area (Å²) < 4.78 is 37.5. The summed E-state index contributed by atoms with van der Waals surface area (Å²) in [6.45, 7) is 2.45. The molecule has 11 nitrogen and oxygen atoms in total. The van der Waals surface area contributed by atoms with Gasteiger partial charge in [0.25, 0.3) is 10.1 Å². The van der Waals surface area contributed by atoms with Crippen LogP contribution in [0, 0.1) is 6.92 Å². The molecule has 0 aliphatic carbocycles. The van der Waals surface area contributed by atoms with Gasteiger partial charge in [0, 0.05) is 29.5 Å². The van der Waals surface area contributed by atoms with Gasteiger partial charge in [0.05, 0.1) is 17.7 Å². The molecule has 0 aliphatic heterocycles. The van der Waals surface area contributed by atoms with Crippen LogP contribution >= 0.6 is 0 Å². The zero-order chi connectivity index (χ0) is 22.3. The number of fused-ring (bicyclic) bond motifs is 1. The van der Waals surface area contributed by atoms with Gasteiger partial charge in [-0.2, -0.15) is 8.42 Å². The molecule has 1 aromatic heterocycles. The minimum Gasteiger partial charge on any atom is -0.422 e. The lowest BCUT2D eigenvalue weighted by Crippen LogP contribution is -2.28. The number of anilines is 1. The van der Waals surface area contributed by atoms with Crippen LogP contribution in [0.1, 0.15) is 36.8 Å². The molecule has 2 rings (SSSR count). The second-order valence-corrected chi connectivity index (χ2v) is 8.14. The Morgan fingerprint density at radius 1 is 1.30 bits per heavy atom. The molecule has 1 heterocycles. The third kappa shape index (κ3) is 5.96. The third-order valence-corrected chi connectivity index (χ3v) is 5.51. The fourth-order valence-corrected chi connectivity index (χ4v) is 3.64. The van der Waals surface area contributed by atoms with Gasteiger partial charge in [-0.15, -0.1) is 0 Å². The van der Waals surface area contributed by atoms with Crippen molar-refractivity contribution >= 4 is 32.7 Å². The molecule has 4 N–H and O–H groups in total. The Balaban J connectivity index is 2.08. The molecule has 1 aromatic carbocycles. The number of aryl methyl sites for hydroxylation is 1. The number of nitrogens with zero attached hydrogens (tertiary/aromatic N) is 3. The van der Waals surface area contributed by atoms with Crippen LogP contribution in [0.2, 0.25) is 0 Å². The molecule has 0 unspecified atom stereocenters. The monoisotopic (exact) mass is 437 g/mol. The number of carbonyl (C=O) groups is 1. The molecule has 0 saturated heterocycles. The number of nitrogen functional groups attached to an aromatic ring is 1. The van der Waals surface area contributed by atoms with Gasteiger partial charge in [-0.3, -0.25) is 9.35 Å². The quantitative estimate of drug-likeness (QED) is 0.0967. The average Bonchev–Trinajstić information content (AvgIpc) is 2.66. The number of hydrogen-bond donors (Lipinski definition) is 3. The summed E-state index contributed by atoms with van der Waals surface area (Å²) in [7, 11) is -4.56. The molecule has 0 fully saturated rings. The second-order valence-electron chi connectivity index (χ2n) is 6.75. The number of hydrogen-bond acceptors (Lipinski definition) is 7. The van der Waals surface area contributed by atoms with E-state index in [1.807, 2.05) is 0 Å².